The molecule has 1 atom stereocenters. The minimum Gasteiger partial charge on any atom is -0.464 e. The number of carbonyl (C=O) groups is 2. The first kappa shape index (κ1) is 25.7. The average molecular weight is 386 g/mol. The summed E-state index contributed by atoms with van der Waals surface area (Å²) < 4.78 is 10.2. The molecule has 5 heteroatoms. The van der Waals surface area contributed by atoms with Gasteiger partial charge in [-0.25, -0.2) is 9.59 Å². The Morgan fingerprint density at radius 2 is 1.11 bits per heavy atom. The molecule has 0 aliphatic heterocycles. The lowest BCUT2D eigenvalue weighted by molar-refractivity contribution is -0.145. The van der Waals surface area contributed by atoms with Gasteiger partial charge in [0.25, 0.3) is 0 Å². The van der Waals surface area contributed by atoms with Crippen LogP contribution in [0, 0.1) is 0 Å². The van der Waals surface area contributed by atoms with E-state index in [2.05, 4.69) is 12.2 Å². The van der Waals surface area contributed by atoms with Crippen LogP contribution in [0.4, 0.5) is 4.79 Å². The summed E-state index contributed by atoms with van der Waals surface area (Å²) in [5, 5.41) is 2.50. The maximum atomic E-state index is 11.8. The summed E-state index contributed by atoms with van der Waals surface area (Å²) in [5.41, 5.74) is 0. The second kappa shape index (κ2) is 19.5. The third-order valence-electron chi connectivity index (χ3n) is 4.66. The van der Waals surface area contributed by atoms with Gasteiger partial charge in [0, 0.05) is 0 Å². The van der Waals surface area contributed by atoms with Gasteiger partial charge in [-0.3, -0.25) is 0 Å². The molecule has 0 fully saturated rings. The van der Waals surface area contributed by atoms with Crippen LogP contribution in [0.5, 0.6) is 0 Å². The number of hydrogen-bond acceptors (Lipinski definition) is 4. The van der Waals surface area contributed by atoms with Gasteiger partial charge in [-0.15, -0.1) is 0 Å². The Morgan fingerprint density at radius 1 is 0.667 bits per heavy atom. The summed E-state index contributed by atoms with van der Waals surface area (Å²) in [5.74, 6) is -0.398. The summed E-state index contributed by atoms with van der Waals surface area (Å²) in [6.45, 7) is 6.70. The van der Waals surface area contributed by atoms with Gasteiger partial charge < -0.3 is 14.8 Å². The Bertz CT molecular complexity index is 360. The number of ether oxygens (including phenoxy) is 2. The Balaban J connectivity index is 3.41. The normalized spacial score (nSPS) is 11.8. The highest BCUT2D eigenvalue weighted by Crippen LogP contribution is 2.12. The minimum atomic E-state index is -0.670. The highest BCUT2D eigenvalue weighted by Gasteiger charge is 2.17. The van der Waals surface area contributed by atoms with E-state index in [-0.39, 0.29) is 0 Å². The van der Waals surface area contributed by atoms with E-state index in [1.54, 1.807) is 6.92 Å². The first-order valence-electron chi connectivity index (χ1n) is 11.2. The topological polar surface area (TPSA) is 64.6 Å². The lowest BCUT2D eigenvalue weighted by Crippen LogP contribution is -2.40. The van der Waals surface area contributed by atoms with Gasteiger partial charge in [-0.2, -0.15) is 0 Å². The third kappa shape index (κ3) is 17.9. The van der Waals surface area contributed by atoms with Gasteiger partial charge in [-0.05, 0) is 19.8 Å². The number of carbonyl (C=O) groups excluding carboxylic acids is 2. The lowest BCUT2D eigenvalue weighted by Gasteiger charge is -2.13. The van der Waals surface area contributed by atoms with Crippen molar-refractivity contribution in [3.63, 3.8) is 0 Å². The SMILES string of the molecule is CCCCCCCCCCCCCCOC(=O)C(C)NC(=O)OCCCC. The van der Waals surface area contributed by atoms with E-state index in [1.807, 2.05) is 6.92 Å². The van der Waals surface area contributed by atoms with Crippen molar-refractivity contribution in [1.29, 1.82) is 0 Å². The zero-order valence-corrected chi connectivity index (χ0v) is 18.0. The van der Waals surface area contributed by atoms with Gasteiger partial charge >= 0.3 is 12.1 Å². The molecular weight excluding hydrogens is 342 g/mol. The van der Waals surface area contributed by atoms with E-state index in [0.717, 1.165) is 25.7 Å². The molecule has 0 aromatic rings. The molecule has 160 valence electrons. The summed E-state index contributed by atoms with van der Waals surface area (Å²) in [6.07, 6.45) is 16.6. The van der Waals surface area contributed by atoms with Gasteiger partial charge in [-0.1, -0.05) is 90.9 Å². The molecule has 1 unspecified atom stereocenters. The third-order valence-corrected chi connectivity index (χ3v) is 4.66. The van der Waals surface area contributed by atoms with Crippen LogP contribution in [0.2, 0.25) is 0 Å². The molecule has 0 saturated heterocycles. The maximum Gasteiger partial charge on any atom is 0.407 e. The van der Waals surface area contributed by atoms with Crippen LogP contribution in [0.25, 0.3) is 0 Å². The lowest BCUT2D eigenvalue weighted by atomic mass is 10.1. The fraction of sp³-hybridized carbons (Fsp3) is 0.909. The molecule has 1 amide bonds. The Morgan fingerprint density at radius 3 is 1.63 bits per heavy atom. The summed E-state index contributed by atoms with van der Waals surface area (Å²) in [4.78, 5) is 23.3. The zero-order chi connectivity index (χ0) is 20.2. The van der Waals surface area contributed by atoms with E-state index >= 15 is 0 Å². The highest BCUT2D eigenvalue weighted by atomic mass is 16.6. The molecule has 0 saturated carbocycles. The molecule has 0 spiro atoms. The van der Waals surface area contributed by atoms with Crippen LogP contribution in [0.1, 0.15) is 111 Å². The number of alkyl carbamates (subject to hydrolysis) is 1. The van der Waals surface area contributed by atoms with Crippen LogP contribution in [0.15, 0.2) is 0 Å². The van der Waals surface area contributed by atoms with Gasteiger partial charge in [0.1, 0.15) is 6.04 Å². The van der Waals surface area contributed by atoms with Crippen molar-refractivity contribution in [2.75, 3.05) is 13.2 Å². The van der Waals surface area contributed by atoms with Crippen molar-refractivity contribution >= 4 is 12.1 Å². The predicted molar refractivity (Wildman–Crippen MR) is 111 cm³/mol. The molecule has 0 aromatic carbocycles. The quantitative estimate of drug-likeness (QED) is 0.227. The molecular formula is C22H43NO4. The molecule has 1 N–H and O–H groups in total. The van der Waals surface area contributed by atoms with Gasteiger partial charge in [0.2, 0.25) is 0 Å². The van der Waals surface area contributed by atoms with Gasteiger partial charge in [0.05, 0.1) is 13.2 Å². The Hall–Kier alpha value is -1.26. The van der Waals surface area contributed by atoms with Crippen molar-refractivity contribution in [1.82, 2.24) is 5.32 Å². The highest BCUT2D eigenvalue weighted by molar-refractivity contribution is 5.80. The number of hydrogen-bond donors (Lipinski definition) is 1. The van der Waals surface area contributed by atoms with Crippen LogP contribution in [-0.2, 0) is 14.3 Å². The molecule has 0 aromatic heterocycles. The molecule has 0 heterocycles. The average Bonchev–Trinajstić information content (AvgIpc) is 2.65. The second-order valence-electron chi connectivity index (χ2n) is 7.41. The summed E-state index contributed by atoms with van der Waals surface area (Å²) in [6, 6.07) is -0.670. The Kier molecular flexibility index (Phi) is 18.6. The standard InChI is InChI=1S/C22H43NO4/c1-4-6-8-9-10-11-12-13-14-15-16-17-19-26-21(24)20(3)23-22(25)27-18-7-5-2/h20H,4-19H2,1-3H3,(H,23,25). The van der Waals surface area contributed by atoms with Crippen molar-refractivity contribution in [3.8, 4) is 0 Å². The van der Waals surface area contributed by atoms with Crippen LogP contribution in [-0.4, -0.2) is 31.3 Å². The smallest absolute Gasteiger partial charge is 0.407 e. The van der Waals surface area contributed by atoms with E-state index in [1.165, 1.54) is 64.2 Å². The maximum absolute atomic E-state index is 11.8. The molecule has 0 aliphatic carbocycles. The van der Waals surface area contributed by atoms with Crippen molar-refractivity contribution in [2.24, 2.45) is 0 Å². The largest absolute Gasteiger partial charge is 0.464 e. The summed E-state index contributed by atoms with van der Waals surface area (Å²) >= 11 is 0. The molecule has 5 nitrogen and oxygen atoms in total. The van der Waals surface area contributed by atoms with E-state index in [9.17, 15) is 9.59 Å². The monoisotopic (exact) mass is 385 g/mol. The zero-order valence-electron chi connectivity index (χ0n) is 18.0. The number of rotatable bonds is 18. The Labute approximate surface area is 167 Å². The molecule has 0 bridgehead atoms. The molecule has 0 radical (unpaired) electrons. The van der Waals surface area contributed by atoms with E-state index < -0.39 is 18.1 Å². The van der Waals surface area contributed by atoms with Crippen molar-refractivity contribution in [2.45, 2.75) is 117 Å². The van der Waals surface area contributed by atoms with Crippen LogP contribution < -0.4 is 5.32 Å². The van der Waals surface area contributed by atoms with E-state index in [0.29, 0.717) is 13.2 Å². The number of unbranched alkanes of at least 4 members (excludes halogenated alkanes) is 12. The molecule has 0 aliphatic rings. The number of amides is 1. The summed E-state index contributed by atoms with van der Waals surface area (Å²) in [7, 11) is 0. The number of esters is 1. The first-order valence-corrected chi connectivity index (χ1v) is 11.2. The fourth-order valence-electron chi connectivity index (χ4n) is 2.83. The van der Waals surface area contributed by atoms with E-state index in [4.69, 9.17) is 9.47 Å². The molecule has 0 rings (SSSR count). The van der Waals surface area contributed by atoms with Gasteiger partial charge in [0.15, 0.2) is 0 Å². The molecule has 27 heavy (non-hydrogen) atoms. The second-order valence-corrected chi connectivity index (χ2v) is 7.41. The van der Waals surface area contributed by atoms with Crippen LogP contribution in [0.3, 0.4) is 0 Å². The van der Waals surface area contributed by atoms with Crippen LogP contribution >= 0.6 is 0 Å². The van der Waals surface area contributed by atoms with Crippen molar-refractivity contribution in [3.05, 3.63) is 0 Å². The number of nitrogens with one attached hydrogen (secondary N) is 1. The first-order chi connectivity index (χ1) is 13.1. The minimum absolute atomic E-state index is 0.378. The van der Waals surface area contributed by atoms with Crippen molar-refractivity contribution < 1.29 is 19.1 Å². The predicted octanol–water partition coefficient (Wildman–Crippen LogP) is 6.15. The fourth-order valence-corrected chi connectivity index (χ4v) is 2.83.